The van der Waals surface area contributed by atoms with Gasteiger partial charge in [0.25, 0.3) is 0 Å². The van der Waals surface area contributed by atoms with Crippen LogP contribution in [-0.2, 0) is 6.18 Å². The van der Waals surface area contributed by atoms with Crippen LogP contribution in [0.15, 0.2) is 16.6 Å². The molecule has 0 aromatic heterocycles. The molecule has 0 aliphatic rings. The van der Waals surface area contributed by atoms with E-state index in [2.05, 4.69) is 15.9 Å². The number of alkyl halides is 3. The minimum absolute atomic E-state index is 0.0393. The summed E-state index contributed by atoms with van der Waals surface area (Å²) in [7, 11) is 0. The normalized spacial score (nSPS) is 11.3. The van der Waals surface area contributed by atoms with Gasteiger partial charge in [-0.05, 0) is 19.1 Å². The molecule has 0 N–H and O–H groups in total. The van der Waals surface area contributed by atoms with E-state index < -0.39 is 23.1 Å². The van der Waals surface area contributed by atoms with Crippen LogP contribution < -0.4 is 0 Å². The van der Waals surface area contributed by atoms with Crippen molar-refractivity contribution >= 4 is 28.0 Å². The highest BCUT2D eigenvalue weighted by atomic mass is 79.9. The number of benzene rings is 1. The highest BCUT2D eigenvalue weighted by molar-refractivity contribution is 9.10. The SMILES string of the molecule is CC(=O)c1cc(Br)c(C=O)c(C(F)(F)F)c1. The second-order valence-electron chi connectivity index (χ2n) is 3.09. The smallest absolute Gasteiger partial charge is 0.298 e. The zero-order valence-corrected chi connectivity index (χ0v) is 9.65. The van der Waals surface area contributed by atoms with Crippen molar-refractivity contribution in [2.45, 2.75) is 13.1 Å². The lowest BCUT2D eigenvalue weighted by Crippen LogP contribution is -2.11. The number of ketones is 1. The van der Waals surface area contributed by atoms with Crippen molar-refractivity contribution in [3.63, 3.8) is 0 Å². The van der Waals surface area contributed by atoms with Gasteiger partial charge < -0.3 is 0 Å². The monoisotopic (exact) mass is 294 g/mol. The molecule has 0 heterocycles. The van der Waals surface area contributed by atoms with E-state index in [9.17, 15) is 22.8 Å². The summed E-state index contributed by atoms with van der Waals surface area (Å²) < 4.78 is 37.7. The van der Waals surface area contributed by atoms with E-state index in [4.69, 9.17) is 0 Å². The molecule has 86 valence electrons. The average Bonchev–Trinajstić information content (AvgIpc) is 2.14. The van der Waals surface area contributed by atoms with Crippen LogP contribution in [-0.4, -0.2) is 12.1 Å². The molecule has 0 spiro atoms. The molecular weight excluding hydrogens is 289 g/mol. The molecule has 0 unspecified atom stereocenters. The summed E-state index contributed by atoms with van der Waals surface area (Å²) in [5, 5.41) is 0. The maximum absolute atomic E-state index is 12.6. The molecule has 0 saturated heterocycles. The Morgan fingerprint density at radius 2 is 1.94 bits per heavy atom. The molecule has 0 fully saturated rings. The number of aldehydes is 1. The Kier molecular flexibility index (Phi) is 3.52. The van der Waals surface area contributed by atoms with E-state index in [-0.39, 0.29) is 16.3 Å². The van der Waals surface area contributed by atoms with Gasteiger partial charge in [-0.2, -0.15) is 13.2 Å². The van der Waals surface area contributed by atoms with E-state index in [0.717, 1.165) is 6.92 Å². The number of carbonyl (C=O) groups is 2. The lowest BCUT2D eigenvalue weighted by molar-refractivity contribution is -0.137. The van der Waals surface area contributed by atoms with Gasteiger partial charge >= 0.3 is 6.18 Å². The Hall–Kier alpha value is -1.17. The second-order valence-corrected chi connectivity index (χ2v) is 3.95. The summed E-state index contributed by atoms with van der Waals surface area (Å²) in [6.45, 7) is 1.16. The molecular formula is C10H6BrF3O2. The van der Waals surface area contributed by atoms with E-state index in [1.807, 2.05) is 0 Å². The number of carbonyl (C=O) groups excluding carboxylic acids is 2. The highest BCUT2D eigenvalue weighted by Gasteiger charge is 2.35. The van der Waals surface area contributed by atoms with Gasteiger partial charge in [-0.1, -0.05) is 15.9 Å². The van der Waals surface area contributed by atoms with Gasteiger partial charge in [-0.3, -0.25) is 9.59 Å². The highest BCUT2D eigenvalue weighted by Crippen LogP contribution is 2.35. The third-order valence-electron chi connectivity index (χ3n) is 1.96. The van der Waals surface area contributed by atoms with Crippen molar-refractivity contribution in [2.24, 2.45) is 0 Å². The fraction of sp³-hybridized carbons (Fsp3) is 0.200. The molecule has 1 aromatic rings. The fourth-order valence-electron chi connectivity index (χ4n) is 1.18. The van der Waals surface area contributed by atoms with Crippen LogP contribution in [0.1, 0.15) is 33.2 Å². The van der Waals surface area contributed by atoms with Crippen LogP contribution in [0.4, 0.5) is 13.2 Å². The summed E-state index contributed by atoms with van der Waals surface area (Å²) >= 11 is 2.84. The Morgan fingerprint density at radius 1 is 1.38 bits per heavy atom. The molecule has 0 amide bonds. The van der Waals surface area contributed by atoms with E-state index in [0.29, 0.717) is 6.07 Å². The predicted molar refractivity (Wildman–Crippen MR) is 54.5 cm³/mol. The zero-order valence-electron chi connectivity index (χ0n) is 8.06. The molecule has 2 nitrogen and oxygen atoms in total. The number of hydrogen-bond donors (Lipinski definition) is 0. The summed E-state index contributed by atoms with van der Waals surface area (Å²) in [6, 6.07) is 1.87. The van der Waals surface area contributed by atoms with Gasteiger partial charge in [0.1, 0.15) is 0 Å². The van der Waals surface area contributed by atoms with Gasteiger partial charge in [0.15, 0.2) is 12.1 Å². The van der Waals surface area contributed by atoms with Crippen molar-refractivity contribution < 1.29 is 22.8 Å². The molecule has 6 heteroatoms. The average molecular weight is 295 g/mol. The maximum atomic E-state index is 12.6. The minimum Gasteiger partial charge on any atom is -0.298 e. The lowest BCUT2D eigenvalue weighted by Gasteiger charge is -2.12. The topological polar surface area (TPSA) is 34.1 Å². The van der Waals surface area contributed by atoms with Crippen LogP contribution in [0.5, 0.6) is 0 Å². The zero-order chi connectivity index (χ0) is 12.5. The largest absolute Gasteiger partial charge is 0.417 e. The molecule has 0 atom stereocenters. The third kappa shape index (κ3) is 2.49. The molecule has 1 aromatic carbocycles. The van der Waals surface area contributed by atoms with E-state index >= 15 is 0 Å². The molecule has 0 aliphatic carbocycles. The summed E-state index contributed by atoms with van der Waals surface area (Å²) in [5.74, 6) is -0.497. The Balaban J connectivity index is 3.55. The first kappa shape index (κ1) is 12.9. The number of Topliss-reactive ketones (excluding diaryl/α,β-unsaturated/α-hetero) is 1. The van der Waals surface area contributed by atoms with Crippen LogP contribution in [0.25, 0.3) is 0 Å². The second kappa shape index (κ2) is 4.37. The van der Waals surface area contributed by atoms with Crippen molar-refractivity contribution in [3.05, 3.63) is 33.3 Å². The standard InChI is InChI=1S/C10H6BrF3O2/c1-5(16)6-2-8(10(12,13)14)7(4-15)9(11)3-6/h2-4H,1H3. The fourth-order valence-corrected chi connectivity index (χ4v) is 1.73. The van der Waals surface area contributed by atoms with Crippen LogP contribution in [0, 0.1) is 0 Å². The Labute approximate surface area is 97.6 Å². The van der Waals surface area contributed by atoms with Gasteiger partial charge in [0.05, 0.1) is 5.56 Å². The lowest BCUT2D eigenvalue weighted by atomic mass is 10.0. The molecule has 0 saturated carbocycles. The van der Waals surface area contributed by atoms with Crippen LogP contribution in [0.2, 0.25) is 0 Å². The van der Waals surface area contributed by atoms with Crippen molar-refractivity contribution in [1.29, 1.82) is 0 Å². The minimum atomic E-state index is -4.66. The molecule has 0 aliphatic heterocycles. The maximum Gasteiger partial charge on any atom is 0.417 e. The third-order valence-corrected chi connectivity index (χ3v) is 2.62. The van der Waals surface area contributed by atoms with Gasteiger partial charge in [0, 0.05) is 15.6 Å². The number of hydrogen-bond acceptors (Lipinski definition) is 2. The van der Waals surface area contributed by atoms with E-state index in [1.165, 1.54) is 6.07 Å². The van der Waals surface area contributed by atoms with Gasteiger partial charge in [0.2, 0.25) is 0 Å². The molecule has 0 radical (unpaired) electrons. The first-order valence-corrected chi connectivity index (χ1v) is 4.93. The number of halogens is 4. The Morgan fingerprint density at radius 3 is 2.31 bits per heavy atom. The predicted octanol–water partition coefficient (Wildman–Crippen LogP) is 3.48. The summed E-state index contributed by atoms with van der Waals surface area (Å²) in [6.07, 6.45) is -4.55. The molecule has 16 heavy (non-hydrogen) atoms. The van der Waals surface area contributed by atoms with Gasteiger partial charge in [-0.15, -0.1) is 0 Å². The van der Waals surface area contributed by atoms with Crippen LogP contribution >= 0.6 is 15.9 Å². The quantitative estimate of drug-likeness (QED) is 0.618. The van der Waals surface area contributed by atoms with E-state index in [1.54, 1.807) is 0 Å². The first-order chi connectivity index (χ1) is 7.27. The molecule has 0 bridgehead atoms. The van der Waals surface area contributed by atoms with Crippen molar-refractivity contribution in [3.8, 4) is 0 Å². The van der Waals surface area contributed by atoms with Crippen LogP contribution in [0.3, 0.4) is 0 Å². The molecule has 1 rings (SSSR count). The van der Waals surface area contributed by atoms with Crippen molar-refractivity contribution in [2.75, 3.05) is 0 Å². The summed E-state index contributed by atoms with van der Waals surface area (Å²) in [4.78, 5) is 21.6. The van der Waals surface area contributed by atoms with Gasteiger partial charge in [-0.25, -0.2) is 0 Å². The Bertz CT molecular complexity index is 452. The number of rotatable bonds is 2. The summed E-state index contributed by atoms with van der Waals surface area (Å²) in [5.41, 5.74) is -1.70. The van der Waals surface area contributed by atoms with Crippen molar-refractivity contribution in [1.82, 2.24) is 0 Å². The first-order valence-electron chi connectivity index (χ1n) is 4.14.